The van der Waals surface area contributed by atoms with E-state index in [4.69, 9.17) is 5.73 Å². The Bertz CT molecular complexity index is 1080. The molecule has 2 aromatic heterocycles. The maximum atomic E-state index is 6.05. The first-order valence-electron chi connectivity index (χ1n) is 8.96. The summed E-state index contributed by atoms with van der Waals surface area (Å²) >= 11 is 0. The van der Waals surface area contributed by atoms with Gasteiger partial charge < -0.3 is 5.73 Å². The van der Waals surface area contributed by atoms with Crippen LogP contribution in [0.5, 0.6) is 0 Å². The quantitative estimate of drug-likeness (QED) is 0.563. The highest BCUT2D eigenvalue weighted by Gasteiger charge is 2.19. The molecule has 2 heterocycles. The molecule has 5 rings (SSSR count). The van der Waals surface area contributed by atoms with Crippen molar-refractivity contribution in [1.82, 2.24) is 20.0 Å². The van der Waals surface area contributed by atoms with Crippen molar-refractivity contribution in [3.63, 3.8) is 0 Å². The first kappa shape index (κ1) is 15.1. The van der Waals surface area contributed by atoms with Gasteiger partial charge in [0.2, 0.25) is 0 Å². The summed E-state index contributed by atoms with van der Waals surface area (Å²) in [5.74, 6) is 0.744. The molecule has 5 nitrogen and oxygen atoms in total. The molecule has 0 radical (unpaired) electrons. The van der Waals surface area contributed by atoms with E-state index in [-0.39, 0.29) is 0 Å². The Balaban J connectivity index is 1.52. The largest absolute Gasteiger partial charge is 0.397 e. The number of benzene rings is 2. The molecule has 0 spiro atoms. The van der Waals surface area contributed by atoms with Gasteiger partial charge in [-0.25, -0.2) is 4.68 Å². The zero-order valence-corrected chi connectivity index (χ0v) is 14.3. The zero-order chi connectivity index (χ0) is 17.5. The Morgan fingerprint density at radius 1 is 1.00 bits per heavy atom. The molecule has 1 aliphatic carbocycles. The van der Waals surface area contributed by atoms with E-state index in [0.29, 0.717) is 5.69 Å². The van der Waals surface area contributed by atoms with Gasteiger partial charge in [-0.1, -0.05) is 35.9 Å². The minimum absolute atomic E-state index is 0.663. The number of rotatable bonds is 3. The van der Waals surface area contributed by atoms with Gasteiger partial charge in [0.1, 0.15) is 5.69 Å². The van der Waals surface area contributed by atoms with Gasteiger partial charge >= 0.3 is 0 Å². The molecule has 5 heteroatoms. The highest BCUT2D eigenvalue weighted by molar-refractivity contribution is 5.95. The summed E-state index contributed by atoms with van der Waals surface area (Å²) in [6, 6.07) is 16.5. The Morgan fingerprint density at radius 2 is 1.85 bits per heavy atom. The normalized spacial score (nSPS) is 14.5. The summed E-state index contributed by atoms with van der Waals surface area (Å²) in [5, 5.41) is 9.65. The van der Waals surface area contributed by atoms with Crippen LogP contribution in [0.3, 0.4) is 0 Å². The molecule has 0 saturated heterocycles. The molecular formula is C21H19N5. The van der Waals surface area contributed by atoms with Crippen LogP contribution < -0.4 is 5.73 Å². The number of nitrogens with zero attached hydrogens (tertiary/aromatic N) is 4. The van der Waals surface area contributed by atoms with Crippen molar-refractivity contribution < 1.29 is 0 Å². The molecule has 0 atom stereocenters. The maximum Gasteiger partial charge on any atom is 0.113 e. The van der Waals surface area contributed by atoms with Crippen molar-refractivity contribution in [3.8, 4) is 16.9 Å². The summed E-state index contributed by atoms with van der Waals surface area (Å²) in [5.41, 5.74) is 11.8. The minimum atomic E-state index is 0.663. The molecule has 1 aliphatic rings. The molecule has 0 unspecified atom stereocenters. The number of anilines is 1. The van der Waals surface area contributed by atoms with Gasteiger partial charge in [-0.2, -0.15) is 0 Å². The Morgan fingerprint density at radius 3 is 2.62 bits per heavy atom. The number of aromatic nitrogens is 4. The number of hydrogen-bond donors (Lipinski definition) is 1. The van der Waals surface area contributed by atoms with E-state index in [1.165, 1.54) is 24.8 Å². The molecule has 4 aromatic rings. The third kappa shape index (κ3) is 2.44. The van der Waals surface area contributed by atoms with E-state index < -0.39 is 0 Å². The number of fused-ring (bicyclic) bond motifs is 1. The minimum Gasteiger partial charge on any atom is -0.397 e. The van der Waals surface area contributed by atoms with Crippen LogP contribution in [-0.2, 0) is 0 Å². The average Bonchev–Trinajstić information content (AvgIpc) is 3.11. The standard InChI is InChI=1S/C21H19N5/c22-18-10-11-20(17-5-2-12-23-21(17)18)26-13-19(24-25-26)16-8-6-15(7-9-16)14-3-1-4-14/h2,5-14H,1,3-4,22H2. The van der Waals surface area contributed by atoms with Crippen molar-refractivity contribution in [2.24, 2.45) is 0 Å². The lowest BCUT2D eigenvalue weighted by Crippen LogP contribution is -2.08. The SMILES string of the molecule is Nc1ccc(-n2cc(-c3ccc(C4CCC4)cc3)nn2)c2cccnc12. The first-order chi connectivity index (χ1) is 12.8. The predicted molar refractivity (Wildman–Crippen MR) is 103 cm³/mol. The molecule has 1 fully saturated rings. The van der Waals surface area contributed by atoms with E-state index in [9.17, 15) is 0 Å². The highest BCUT2D eigenvalue weighted by Crippen LogP contribution is 2.36. The fourth-order valence-electron chi connectivity index (χ4n) is 3.56. The summed E-state index contributed by atoms with van der Waals surface area (Å²) in [6.07, 6.45) is 7.68. The Kier molecular flexibility index (Phi) is 3.45. The van der Waals surface area contributed by atoms with Gasteiger partial charge in [-0.05, 0) is 48.6 Å². The summed E-state index contributed by atoms with van der Waals surface area (Å²) in [6.45, 7) is 0. The van der Waals surface area contributed by atoms with Crippen LogP contribution in [0.2, 0.25) is 0 Å². The van der Waals surface area contributed by atoms with E-state index >= 15 is 0 Å². The van der Waals surface area contributed by atoms with Crippen LogP contribution in [0.15, 0.2) is 60.9 Å². The van der Waals surface area contributed by atoms with E-state index in [1.54, 1.807) is 10.9 Å². The van der Waals surface area contributed by atoms with Crippen LogP contribution in [0.25, 0.3) is 27.8 Å². The Labute approximate surface area is 151 Å². The fraction of sp³-hybridized carbons (Fsp3) is 0.190. The second-order valence-corrected chi connectivity index (χ2v) is 6.87. The smallest absolute Gasteiger partial charge is 0.113 e. The van der Waals surface area contributed by atoms with Crippen molar-refractivity contribution in [2.45, 2.75) is 25.2 Å². The summed E-state index contributed by atoms with van der Waals surface area (Å²) in [7, 11) is 0. The molecule has 1 saturated carbocycles. The molecule has 2 N–H and O–H groups in total. The summed E-state index contributed by atoms with van der Waals surface area (Å²) in [4.78, 5) is 4.39. The topological polar surface area (TPSA) is 69.6 Å². The lowest BCUT2D eigenvalue weighted by atomic mass is 9.80. The molecule has 0 amide bonds. The number of pyridine rings is 1. The summed E-state index contributed by atoms with van der Waals surface area (Å²) < 4.78 is 1.79. The zero-order valence-electron chi connectivity index (χ0n) is 14.3. The second kappa shape index (κ2) is 5.95. The molecule has 128 valence electrons. The van der Waals surface area contributed by atoms with Crippen LogP contribution >= 0.6 is 0 Å². The van der Waals surface area contributed by atoms with Crippen molar-refractivity contribution in [2.75, 3.05) is 5.73 Å². The number of nitrogen functional groups attached to an aromatic ring is 1. The van der Waals surface area contributed by atoms with Crippen molar-refractivity contribution >= 4 is 16.6 Å². The van der Waals surface area contributed by atoms with Crippen LogP contribution in [-0.4, -0.2) is 20.0 Å². The van der Waals surface area contributed by atoms with Gasteiger partial charge in [0.05, 0.1) is 23.1 Å². The van der Waals surface area contributed by atoms with Crippen LogP contribution in [0.4, 0.5) is 5.69 Å². The van der Waals surface area contributed by atoms with Crippen LogP contribution in [0.1, 0.15) is 30.7 Å². The lowest BCUT2D eigenvalue weighted by Gasteiger charge is -2.25. The average molecular weight is 341 g/mol. The molecule has 26 heavy (non-hydrogen) atoms. The number of hydrogen-bond acceptors (Lipinski definition) is 4. The van der Waals surface area contributed by atoms with Crippen LogP contribution in [0, 0.1) is 0 Å². The molecule has 0 aliphatic heterocycles. The number of nitrogens with two attached hydrogens (primary N) is 1. The van der Waals surface area contributed by atoms with Gasteiger partial charge in [0, 0.05) is 17.1 Å². The van der Waals surface area contributed by atoms with E-state index in [0.717, 1.165) is 33.8 Å². The van der Waals surface area contributed by atoms with Crippen molar-refractivity contribution in [3.05, 3.63) is 66.5 Å². The monoisotopic (exact) mass is 341 g/mol. The van der Waals surface area contributed by atoms with Gasteiger partial charge in [0.15, 0.2) is 0 Å². The fourth-order valence-corrected chi connectivity index (χ4v) is 3.56. The third-order valence-corrected chi connectivity index (χ3v) is 5.30. The molecule has 0 bridgehead atoms. The highest BCUT2D eigenvalue weighted by atomic mass is 15.4. The lowest BCUT2D eigenvalue weighted by molar-refractivity contribution is 0.420. The third-order valence-electron chi connectivity index (χ3n) is 5.30. The van der Waals surface area contributed by atoms with E-state index in [1.807, 2.05) is 30.5 Å². The molecule has 2 aromatic carbocycles. The second-order valence-electron chi connectivity index (χ2n) is 6.87. The van der Waals surface area contributed by atoms with E-state index in [2.05, 4.69) is 39.6 Å². The van der Waals surface area contributed by atoms with Gasteiger partial charge in [-0.15, -0.1) is 5.10 Å². The first-order valence-corrected chi connectivity index (χ1v) is 8.96. The van der Waals surface area contributed by atoms with Gasteiger partial charge in [0.25, 0.3) is 0 Å². The maximum absolute atomic E-state index is 6.05. The van der Waals surface area contributed by atoms with Gasteiger partial charge in [-0.3, -0.25) is 4.98 Å². The Hall–Kier alpha value is -3.21. The van der Waals surface area contributed by atoms with Crippen molar-refractivity contribution in [1.29, 1.82) is 0 Å². The predicted octanol–water partition coefficient (Wildman–Crippen LogP) is 4.33. The molecular weight excluding hydrogens is 322 g/mol.